The van der Waals surface area contributed by atoms with Crippen LogP contribution in [0.4, 0.5) is 0 Å². The molecule has 1 aliphatic heterocycles. The second-order valence-corrected chi connectivity index (χ2v) is 5.71. The van der Waals surface area contributed by atoms with E-state index in [1.165, 1.54) is 0 Å². The summed E-state index contributed by atoms with van der Waals surface area (Å²) in [6, 6.07) is 7.64. The molecule has 1 saturated heterocycles. The highest BCUT2D eigenvalue weighted by molar-refractivity contribution is 14.1. The molecule has 1 N–H and O–H groups in total. The fourth-order valence-electron chi connectivity index (χ4n) is 2.07. The van der Waals surface area contributed by atoms with Crippen LogP contribution in [0, 0.1) is 3.57 Å². The van der Waals surface area contributed by atoms with Crippen LogP contribution in [0.25, 0.3) is 0 Å². The summed E-state index contributed by atoms with van der Waals surface area (Å²) in [5.74, 6) is 0.0203. The lowest BCUT2D eigenvalue weighted by atomic mass is 10.2. The maximum absolute atomic E-state index is 12.0. The zero-order valence-corrected chi connectivity index (χ0v) is 14.3. The molecular weight excluding hydrogens is 391 g/mol. The number of amides is 1. The smallest absolute Gasteiger partial charge is 0.252 e. The van der Waals surface area contributed by atoms with Gasteiger partial charge in [0.25, 0.3) is 5.91 Å². The first kappa shape index (κ1) is 17.7. The Morgan fingerprint density at radius 3 is 2.70 bits per heavy atom. The van der Waals surface area contributed by atoms with E-state index >= 15 is 0 Å². The normalized spacial score (nSPS) is 15.4. The van der Waals surface area contributed by atoms with Gasteiger partial charge in [-0.1, -0.05) is 12.1 Å². The molecule has 0 aliphatic carbocycles. The van der Waals surface area contributed by atoms with Crippen LogP contribution >= 0.6 is 35.0 Å². The Kier molecular flexibility index (Phi) is 8.44. The minimum Gasteiger partial charge on any atom is -0.379 e. The Balaban J connectivity index is 0.00000200. The molecule has 112 valence electrons. The Hall–Kier alpha value is -0.370. The lowest BCUT2D eigenvalue weighted by Gasteiger charge is -2.26. The second-order valence-electron chi connectivity index (χ2n) is 4.54. The molecule has 0 unspecified atom stereocenters. The highest BCUT2D eigenvalue weighted by Gasteiger charge is 2.11. The van der Waals surface area contributed by atoms with Crippen molar-refractivity contribution in [1.29, 1.82) is 0 Å². The summed E-state index contributed by atoms with van der Waals surface area (Å²) >= 11 is 2.19. The number of hydrogen-bond donors (Lipinski definition) is 1. The van der Waals surface area contributed by atoms with Crippen molar-refractivity contribution in [3.63, 3.8) is 0 Å². The summed E-state index contributed by atoms with van der Waals surface area (Å²) in [4.78, 5) is 14.3. The molecule has 0 atom stereocenters. The number of halogens is 2. The predicted molar refractivity (Wildman–Crippen MR) is 90.6 cm³/mol. The zero-order valence-electron chi connectivity index (χ0n) is 11.3. The molecular formula is C14H20ClIN2O2. The first-order valence-electron chi connectivity index (χ1n) is 6.60. The number of nitrogens with zero attached hydrogens (tertiary/aromatic N) is 1. The van der Waals surface area contributed by atoms with Crippen molar-refractivity contribution in [3.8, 4) is 0 Å². The predicted octanol–water partition coefficient (Wildman–Crippen LogP) is 2.17. The molecule has 0 spiro atoms. The SMILES string of the molecule is Cl.O=C(NCCCN1CCOCC1)c1ccccc1I. The van der Waals surface area contributed by atoms with Gasteiger partial charge in [0.1, 0.15) is 0 Å². The number of ether oxygens (including phenoxy) is 1. The van der Waals surface area contributed by atoms with Gasteiger partial charge in [0.05, 0.1) is 18.8 Å². The molecule has 20 heavy (non-hydrogen) atoms. The van der Waals surface area contributed by atoms with E-state index in [2.05, 4.69) is 32.8 Å². The molecule has 4 nitrogen and oxygen atoms in total. The molecule has 2 rings (SSSR count). The van der Waals surface area contributed by atoms with E-state index in [-0.39, 0.29) is 18.3 Å². The maximum Gasteiger partial charge on any atom is 0.252 e. The topological polar surface area (TPSA) is 41.6 Å². The van der Waals surface area contributed by atoms with Crippen LogP contribution in [0.2, 0.25) is 0 Å². The summed E-state index contributed by atoms with van der Waals surface area (Å²) in [5.41, 5.74) is 0.759. The molecule has 1 amide bonds. The molecule has 1 fully saturated rings. The van der Waals surface area contributed by atoms with Crippen molar-refractivity contribution in [3.05, 3.63) is 33.4 Å². The Bertz CT molecular complexity index is 425. The minimum atomic E-state index is 0. The Morgan fingerprint density at radius 1 is 1.30 bits per heavy atom. The summed E-state index contributed by atoms with van der Waals surface area (Å²) in [6.45, 7) is 5.41. The Labute approximate surface area is 139 Å². The van der Waals surface area contributed by atoms with Gasteiger partial charge in [-0.05, 0) is 47.7 Å². The fourth-order valence-corrected chi connectivity index (χ4v) is 2.70. The van der Waals surface area contributed by atoms with Crippen molar-refractivity contribution in [2.24, 2.45) is 0 Å². The number of rotatable bonds is 5. The van der Waals surface area contributed by atoms with Crippen LogP contribution < -0.4 is 5.32 Å². The van der Waals surface area contributed by atoms with Crippen LogP contribution in [0.15, 0.2) is 24.3 Å². The van der Waals surface area contributed by atoms with Gasteiger partial charge in [0.2, 0.25) is 0 Å². The van der Waals surface area contributed by atoms with Crippen molar-refractivity contribution in [2.45, 2.75) is 6.42 Å². The number of hydrogen-bond acceptors (Lipinski definition) is 3. The molecule has 6 heteroatoms. The van der Waals surface area contributed by atoms with Gasteiger partial charge < -0.3 is 10.1 Å². The monoisotopic (exact) mass is 410 g/mol. The van der Waals surface area contributed by atoms with Gasteiger partial charge in [-0.25, -0.2) is 0 Å². The molecule has 1 aromatic rings. The van der Waals surface area contributed by atoms with Crippen LogP contribution in [0.1, 0.15) is 16.8 Å². The average molecular weight is 411 g/mol. The van der Waals surface area contributed by atoms with Crippen LogP contribution in [0.5, 0.6) is 0 Å². The molecule has 0 bridgehead atoms. The van der Waals surface area contributed by atoms with Crippen LogP contribution in [-0.4, -0.2) is 50.2 Å². The van der Waals surface area contributed by atoms with Gasteiger partial charge in [-0.3, -0.25) is 9.69 Å². The third-order valence-corrected chi connectivity index (χ3v) is 4.10. The van der Waals surface area contributed by atoms with E-state index in [1.54, 1.807) is 0 Å². The van der Waals surface area contributed by atoms with Gasteiger partial charge in [0, 0.05) is 23.2 Å². The van der Waals surface area contributed by atoms with E-state index in [0.717, 1.165) is 54.9 Å². The number of carbonyl (C=O) groups is 1. The minimum absolute atomic E-state index is 0. The van der Waals surface area contributed by atoms with Crippen molar-refractivity contribution in [1.82, 2.24) is 10.2 Å². The standard InChI is InChI=1S/C14H19IN2O2.ClH/c15-13-5-2-1-4-12(13)14(18)16-6-3-7-17-8-10-19-11-9-17;/h1-2,4-5H,3,6-11H2,(H,16,18);1H. The second kappa shape index (κ2) is 9.55. The average Bonchev–Trinajstić information content (AvgIpc) is 2.45. The summed E-state index contributed by atoms with van der Waals surface area (Å²) in [6.07, 6.45) is 0.981. The fraction of sp³-hybridized carbons (Fsp3) is 0.500. The van der Waals surface area contributed by atoms with Gasteiger partial charge in [-0.15, -0.1) is 12.4 Å². The first-order chi connectivity index (χ1) is 9.27. The van der Waals surface area contributed by atoms with Crippen LogP contribution in [0.3, 0.4) is 0 Å². The van der Waals surface area contributed by atoms with E-state index in [4.69, 9.17) is 4.74 Å². The van der Waals surface area contributed by atoms with Crippen molar-refractivity contribution in [2.75, 3.05) is 39.4 Å². The van der Waals surface area contributed by atoms with E-state index < -0.39 is 0 Å². The summed E-state index contributed by atoms with van der Waals surface area (Å²) in [7, 11) is 0. The quantitative estimate of drug-likeness (QED) is 0.597. The molecule has 1 aromatic carbocycles. The molecule has 0 aromatic heterocycles. The number of carbonyl (C=O) groups excluding carboxylic acids is 1. The first-order valence-corrected chi connectivity index (χ1v) is 7.68. The third-order valence-electron chi connectivity index (χ3n) is 3.16. The highest BCUT2D eigenvalue weighted by atomic mass is 127. The zero-order chi connectivity index (χ0) is 13.5. The van der Waals surface area contributed by atoms with Crippen LogP contribution in [-0.2, 0) is 4.74 Å². The van der Waals surface area contributed by atoms with Gasteiger partial charge >= 0.3 is 0 Å². The van der Waals surface area contributed by atoms with Crippen molar-refractivity contribution >= 4 is 40.9 Å². The third kappa shape index (κ3) is 5.55. The molecule has 1 heterocycles. The lowest BCUT2D eigenvalue weighted by Crippen LogP contribution is -2.38. The molecule has 0 saturated carbocycles. The maximum atomic E-state index is 12.0. The Morgan fingerprint density at radius 2 is 2.00 bits per heavy atom. The molecule has 0 radical (unpaired) electrons. The number of nitrogens with one attached hydrogen (secondary N) is 1. The number of benzene rings is 1. The van der Waals surface area contributed by atoms with E-state index in [9.17, 15) is 4.79 Å². The van der Waals surface area contributed by atoms with E-state index in [0.29, 0.717) is 0 Å². The van der Waals surface area contributed by atoms with E-state index in [1.807, 2.05) is 24.3 Å². The summed E-state index contributed by atoms with van der Waals surface area (Å²) < 4.78 is 6.29. The highest BCUT2D eigenvalue weighted by Crippen LogP contribution is 2.10. The largest absolute Gasteiger partial charge is 0.379 e. The lowest BCUT2D eigenvalue weighted by molar-refractivity contribution is 0.0374. The molecule has 1 aliphatic rings. The van der Waals surface area contributed by atoms with Crippen molar-refractivity contribution < 1.29 is 9.53 Å². The number of morpholine rings is 1. The van der Waals surface area contributed by atoms with Gasteiger partial charge in [0.15, 0.2) is 0 Å². The summed E-state index contributed by atoms with van der Waals surface area (Å²) in [5, 5.41) is 2.98. The van der Waals surface area contributed by atoms with Gasteiger partial charge in [-0.2, -0.15) is 0 Å².